The van der Waals surface area contributed by atoms with Crippen molar-refractivity contribution in [1.29, 1.82) is 0 Å². The lowest BCUT2D eigenvalue weighted by Crippen LogP contribution is -2.43. The molecule has 0 heterocycles. The number of hydrogen-bond acceptors (Lipinski definition) is 4. The van der Waals surface area contributed by atoms with Crippen LogP contribution in [0.15, 0.2) is 66.7 Å². The molecular weight excluding hydrogens is 406 g/mol. The third kappa shape index (κ3) is 4.30. The maximum absolute atomic E-state index is 12.5. The van der Waals surface area contributed by atoms with Crippen LogP contribution < -0.4 is 10.1 Å². The lowest BCUT2D eigenvalue weighted by molar-refractivity contribution is -0.139. The average molecular weight is 431 g/mol. The Balaban J connectivity index is 1.45. The molecule has 3 aromatic rings. The van der Waals surface area contributed by atoms with Gasteiger partial charge in [-0.25, -0.2) is 9.59 Å². The van der Waals surface area contributed by atoms with E-state index in [1.165, 1.54) is 7.11 Å². The molecule has 1 aliphatic carbocycles. The lowest BCUT2D eigenvalue weighted by Gasteiger charge is -2.18. The molecule has 6 heteroatoms. The number of ether oxygens (including phenoxy) is 2. The van der Waals surface area contributed by atoms with Crippen molar-refractivity contribution in [3.8, 4) is 16.9 Å². The number of benzene rings is 3. The van der Waals surface area contributed by atoms with E-state index in [1.807, 2.05) is 55.5 Å². The summed E-state index contributed by atoms with van der Waals surface area (Å²) in [7, 11) is 1.53. The zero-order chi connectivity index (χ0) is 22.7. The van der Waals surface area contributed by atoms with Crippen molar-refractivity contribution in [2.75, 3.05) is 13.7 Å². The van der Waals surface area contributed by atoms with Gasteiger partial charge in [0.1, 0.15) is 18.4 Å². The Labute approximate surface area is 186 Å². The normalized spacial score (nSPS) is 13.1. The third-order valence-electron chi connectivity index (χ3n) is 5.79. The number of methoxy groups -OCH3 is 1. The first-order chi connectivity index (χ1) is 15.5. The molecule has 1 aliphatic rings. The fraction of sp³-hybridized carbons (Fsp3) is 0.231. The van der Waals surface area contributed by atoms with Crippen LogP contribution in [0.5, 0.6) is 5.75 Å². The summed E-state index contributed by atoms with van der Waals surface area (Å²) >= 11 is 0. The van der Waals surface area contributed by atoms with Crippen LogP contribution in [-0.4, -0.2) is 36.9 Å². The Morgan fingerprint density at radius 1 is 1.00 bits per heavy atom. The van der Waals surface area contributed by atoms with E-state index in [-0.39, 0.29) is 18.9 Å². The van der Waals surface area contributed by atoms with E-state index >= 15 is 0 Å². The van der Waals surface area contributed by atoms with Crippen LogP contribution in [0.25, 0.3) is 11.1 Å². The number of nitrogens with one attached hydrogen (secondary N) is 1. The molecule has 1 amide bonds. The molecule has 0 saturated carbocycles. The number of aryl methyl sites for hydroxylation is 1. The largest absolute Gasteiger partial charge is 0.496 e. The summed E-state index contributed by atoms with van der Waals surface area (Å²) in [6.45, 7) is 2.04. The topological polar surface area (TPSA) is 84.9 Å². The van der Waals surface area contributed by atoms with Crippen LogP contribution in [0.1, 0.15) is 28.2 Å². The monoisotopic (exact) mass is 431 g/mol. The van der Waals surface area contributed by atoms with Crippen LogP contribution in [0.3, 0.4) is 0 Å². The summed E-state index contributed by atoms with van der Waals surface area (Å²) in [6, 6.07) is 20.5. The van der Waals surface area contributed by atoms with Crippen LogP contribution in [-0.2, 0) is 16.0 Å². The molecule has 1 atom stereocenters. The molecule has 0 fully saturated rings. The molecule has 4 rings (SSSR count). The summed E-state index contributed by atoms with van der Waals surface area (Å²) in [5.41, 5.74) is 6.14. The first kappa shape index (κ1) is 21.4. The molecule has 2 N–H and O–H groups in total. The van der Waals surface area contributed by atoms with Gasteiger partial charge in [-0.05, 0) is 40.8 Å². The van der Waals surface area contributed by atoms with E-state index in [0.717, 1.165) is 27.8 Å². The van der Waals surface area contributed by atoms with Gasteiger partial charge in [-0.3, -0.25) is 0 Å². The highest BCUT2D eigenvalue weighted by Gasteiger charge is 2.30. The molecule has 6 nitrogen and oxygen atoms in total. The predicted octanol–water partition coefficient (Wildman–Crippen LogP) is 4.54. The second-order valence-corrected chi connectivity index (χ2v) is 7.88. The maximum atomic E-state index is 12.5. The number of alkyl carbamates (subject to hydrolysis) is 1. The van der Waals surface area contributed by atoms with E-state index in [1.54, 1.807) is 6.07 Å². The highest BCUT2D eigenvalue weighted by Crippen LogP contribution is 2.44. The molecule has 0 saturated heterocycles. The molecule has 1 unspecified atom stereocenters. The molecule has 0 aromatic heterocycles. The minimum atomic E-state index is -1.14. The minimum Gasteiger partial charge on any atom is -0.496 e. The van der Waals surface area contributed by atoms with Crippen molar-refractivity contribution in [2.24, 2.45) is 0 Å². The molecule has 3 aromatic carbocycles. The number of amides is 1. The van der Waals surface area contributed by atoms with Gasteiger partial charge in [0.05, 0.1) is 7.11 Å². The van der Waals surface area contributed by atoms with E-state index in [4.69, 9.17) is 9.47 Å². The average Bonchev–Trinajstić information content (AvgIpc) is 3.11. The van der Waals surface area contributed by atoms with Gasteiger partial charge in [-0.1, -0.05) is 66.2 Å². The standard InChI is InChI=1S/C26H25NO5/c1-16-11-12-24(31-2)17(13-16)14-23(25(28)29)27-26(30)32-15-22-20-9-5-3-7-18(20)19-8-4-6-10-21(19)22/h3-13,22-23H,14-15H2,1-2H3,(H,27,30)(H,28,29). The summed E-state index contributed by atoms with van der Waals surface area (Å²) in [4.78, 5) is 24.3. The van der Waals surface area contributed by atoms with Gasteiger partial charge in [-0.2, -0.15) is 0 Å². The summed E-state index contributed by atoms with van der Waals surface area (Å²) < 4.78 is 10.8. The zero-order valence-electron chi connectivity index (χ0n) is 18.0. The fourth-order valence-electron chi connectivity index (χ4n) is 4.27. The maximum Gasteiger partial charge on any atom is 0.407 e. The van der Waals surface area contributed by atoms with Crippen LogP contribution in [0.2, 0.25) is 0 Å². The van der Waals surface area contributed by atoms with E-state index in [0.29, 0.717) is 11.3 Å². The van der Waals surface area contributed by atoms with Gasteiger partial charge >= 0.3 is 12.1 Å². The van der Waals surface area contributed by atoms with Crippen molar-refractivity contribution < 1.29 is 24.2 Å². The number of carbonyl (C=O) groups excluding carboxylic acids is 1. The fourth-order valence-corrected chi connectivity index (χ4v) is 4.27. The zero-order valence-corrected chi connectivity index (χ0v) is 18.0. The van der Waals surface area contributed by atoms with Crippen LogP contribution in [0, 0.1) is 6.92 Å². The van der Waals surface area contributed by atoms with Crippen molar-refractivity contribution >= 4 is 12.1 Å². The molecule has 32 heavy (non-hydrogen) atoms. The Hall–Kier alpha value is -3.80. The number of hydrogen-bond donors (Lipinski definition) is 2. The highest BCUT2D eigenvalue weighted by molar-refractivity contribution is 5.81. The van der Waals surface area contributed by atoms with Gasteiger partial charge in [-0.15, -0.1) is 0 Å². The van der Waals surface area contributed by atoms with Crippen molar-refractivity contribution in [2.45, 2.75) is 25.3 Å². The summed E-state index contributed by atoms with van der Waals surface area (Å²) in [6.07, 6.45) is -0.671. The number of fused-ring (bicyclic) bond motifs is 3. The van der Waals surface area contributed by atoms with E-state index < -0.39 is 18.1 Å². The Kier molecular flexibility index (Phi) is 6.12. The van der Waals surface area contributed by atoms with Gasteiger partial charge < -0.3 is 19.9 Å². The number of aliphatic carboxylic acids is 1. The van der Waals surface area contributed by atoms with Crippen molar-refractivity contribution in [3.63, 3.8) is 0 Å². The minimum absolute atomic E-state index is 0.0877. The second kappa shape index (κ2) is 9.14. The molecule has 0 aliphatic heterocycles. The highest BCUT2D eigenvalue weighted by atomic mass is 16.5. The van der Waals surface area contributed by atoms with Crippen molar-refractivity contribution in [1.82, 2.24) is 5.32 Å². The summed E-state index contributed by atoms with van der Waals surface area (Å²) in [5, 5.41) is 12.1. The van der Waals surface area contributed by atoms with Crippen LogP contribution >= 0.6 is 0 Å². The Morgan fingerprint density at radius 2 is 1.62 bits per heavy atom. The number of carboxylic acids is 1. The molecule has 0 spiro atoms. The number of carboxylic acid groups (broad SMARTS) is 1. The molecule has 0 bridgehead atoms. The Bertz CT molecular complexity index is 1110. The smallest absolute Gasteiger partial charge is 0.407 e. The SMILES string of the molecule is COc1ccc(C)cc1CC(NC(=O)OCC1c2ccccc2-c2ccccc21)C(=O)O. The molecule has 0 radical (unpaired) electrons. The predicted molar refractivity (Wildman–Crippen MR) is 121 cm³/mol. The quantitative estimate of drug-likeness (QED) is 0.574. The second-order valence-electron chi connectivity index (χ2n) is 7.88. The van der Waals surface area contributed by atoms with Gasteiger partial charge in [0.2, 0.25) is 0 Å². The molecule has 164 valence electrons. The first-order valence-corrected chi connectivity index (χ1v) is 10.5. The van der Waals surface area contributed by atoms with Gasteiger partial charge in [0, 0.05) is 12.3 Å². The van der Waals surface area contributed by atoms with E-state index in [2.05, 4.69) is 17.4 Å². The third-order valence-corrected chi connectivity index (χ3v) is 5.79. The first-order valence-electron chi connectivity index (χ1n) is 10.5. The lowest BCUT2D eigenvalue weighted by atomic mass is 9.98. The van der Waals surface area contributed by atoms with Gasteiger partial charge in [0.25, 0.3) is 0 Å². The van der Waals surface area contributed by atoms with E-state index in [9.17, 15) is 14.7 Å². The van der Waals surface area contributed by atoms with Crippen molar-refractivity contribution in [3.05, 3.63) is 89.0 Å². The Morgan fingerprint density at radius 3 is 2.22 bits per heavy atom. The molecular formula is C26H25NO5. The number of rotatable bonds is 7. The van der Waals surface area contributed by atoms with Crippen LogP contribution in [0.4, 0.5) is 4.79 Å². The number of carbonyl (C=O) groups is 2. The van der Waals surface area contributed by atoms with Gasteiger partial charge in [0.15, 0.2) is 0 Å². The summed E-state index contributed by atoms with van der Waals surface area (Å²) in [5.74, 6) is -0.647.